The molecule has 112 valence electrons. The molecule has 0 radical (unpaired) electrons. The van der Waals surface area contributed by atoms with Gasteiger partial charge in [0.25, 0.3) is 0 Å². The number of hydrogen-bond acceptors (Lipinski definition) is 1. The lowest BCUT2D eigenvalue weighted by molar-refractivity contribution is 0.498. The SMILES string of the molecule is C1CCCCC(SC2CCCCCCC2)CCCC1. The molecular formula is C18H34S. The van der Waals surface area contributed by atoms with Gasteiger partial charge in [-0.15, -0.1) is 0 Å². The van der Waals surface area contributed by atoms with Gasteiger partial charge >= 0.3 is 0 Å². The topological polar surface area (TPSA) is 0 Å². The van der Waals surface area contributed by atoms with E-state index in [-0.39, 0.29) is 0 Å². The Morgan fingerprint density at radius 3 is 0.947 bits per heavy atom. The van der Waals surface area contributed by atoms with Gasteiger partial charge in [0.05, 0.1) is 0 Å². The summed E-state index contributed by atoms with van der Waals surface area (Å²) in [5, 5.41) is 2.01. The first-order valence-corrected chi connectivity index (χ1v) is 10.0. The summed E-state index contributed by atoms with van der Waals surface area (Å²) in [7, 11) is 0. The average Bonchev–Trinajstić information content (AvgIpc) is 2.40. The molecule has 2 fully saturated rings. The van der Waals surface area contributed by atoms with E-state index in [0.717, 1.165) is 10.5 Å². The Bertz CT molecular complexity index is 196. The van der Waals surface area contributed by atoms with E-state index in [1.54, 1.807) is 0 Å². The van der Waals surface area contributed by atoms with Gasteiger partial charge in [-0.25, -0.2) is 0 Å². The second-order valence-corrected chi connectivity index (χ2v) is 8.38. The zero-order valence-electron chi connectivity index (χ0n) is 12.9. The molecule has 2 saturated carbocycles. The van der Waals surface area contributed by atoms with Crippen LogP contribution in [0, 0.1) is 0 Å². The Morgan fingerprint density at radius 1 is 0.368 bits per heavy atom. The van der Waals surface area contributed by atoms with Crippen molar-refractivity contribution in [3.63, 3.8) is 0 Å². The highest BCUT2D eigenvalue weighted by Crippen LogP contribution is 2.34. The Morgan fingerprint density at radius 2 is 0.632 bits per heavy atom. The summed E-state index contributed by atoms with van der Waals surface area (Å²) in [6, 6.07) is 0. The van der Waals surface area contributed by atoms with Crippen molar-refractivity contribution in [3.8, 4) is 0 Å². The van der Waals surface area contributed by atoms with Gasteiger partial charge in [0, 0.05) is 10.5 Å². The van der Waals surface area contributed by atoms with Crippen molar-refractivity contribution < 1.29 is 0 Å². The molecule has 0 aromatic carbocycles. The van der Waals surface area contributed by atoms with Gasteiger partial charge in [0.2, 0.25) is 0 Å². The van der Waals surface area contributed by atoms with Crippen LogP contribution in [0.5, 0.6) is 0 Å². The molecule has 2 aliphatic carbocycles. The maximum Gasteiger partial charge on any atom is 0.00498 e. The third-order valence-electron chi connectivity index (χ3n) is 4.99. The van der Waals surface area contributed by atoms with Crippen LogP contribution in [0.2, 0.25) is 0 Å². The predicted molar refractivity (Wildman–Crippen MR) is 89.0 cm³/mol. The highest BCUT2D eigenvalue weighted by molar-refractivity contribution is 8.00. The summed E-state index contributed by atoms with van der Waals surface area (Å²) in [5.41, 5.74) is 0. The molecule has 0 aromatic rings. The van der Waals surface area contributed by atoms with Crippen LogP contribution in [0.3, 0.4) is 0 Å². The zero-order chi connectivity index (χ0) is 13.2. The summed E-state index contributed by atoms with van der Waals surface area (Å²) < 4.78 is 0. The third kappa shape index (κ3) is 7.06. The summed E-state index contributed by atoms with van der Waals surface area (Å²) in [6.07, 6.45) is 24.1. The number of rotatable bonds is 2. The second-order valence-electron chi connectivity index (χ2n) is 6.78. The molecule has 0 unspecified atom stereocenters. The molecule has 0 amide bonds. The minimum atomic E-state index is 1.00. The molecule has 0 aliphatic heterocycles. The monoisotopic (exact) mass is 282 g/mol. The molecule has 2 aliphatic rings. The Hall–Kier alpha value is 0.350. The molecule has 0 heterocycles. The highest BCUT2D eigenvalue weighted by Gasteiger charge is 2.18. The number of thioether (sulfide) groups is 1. The van der Waals surface area contributed by atoms with Crippen molar-refractivity contribution in [3.05, 3.63) is 0 Å². The van der Waals surface area contributed by atoms with Gasteiger partial charge in [0.15, 0.2) is 0 Å². The van der Waals surface area contributed by atoms with E-state index in [2.05, 4.69) is 11.8 Å². The quantitative estimate of drug-likeness (QED) is 0.541. The lowest BCUT2D eigenvalue weighted by Crippen LogP contribution is -2.13. The van der Waals surface area contributed by atoms with Crippen LogP contribution in [0.15, 0.2) is 0 Å². The summed E-state index contributed by atoms with van der Waals surface area (Å²) >= 11 is 2.40. The summed E-state index contributed by atoms with van der Waals surface area (Å²) in [5.74, 6) is 0. The maximum absolute atomic E-state index is 2.40. The van der Waals surface area contributed by atoms with Crippen LogP contribution < -0.4 is 0 Å². The van der Waals surface area contributed by atoms with Crippen molar-refractivity contribution in [1.29, 1.82) is 0 Å². The Kier molecular flexibility index (Phi) is 8.39. The minimum absolute atomic E-state index is 1.00. The molecule has 19 heavy (non-hydrogen) atoms. The van der Waals surface area contributed by atoms with E-state index < -0.39 is 0 Å². The molecule has 0 aromatic heterocycles. The van der Waals surface area contributed by atoms with E-state index in [1.807, 2.05) is 0 Å². The Balaban J connectivity index is 1.73. The van der Waals surface area contributed by atoms with Crippen molar-refractivity contribution in [2.24, 2.45) is 0 Å². The second kappa shape index (κ2) is 10.1. The van der Waals surface area contributed by atoms with E-state index in [1.165, 1.54) is 103 Å². The van der Waals surface area contributed by atoms with E-state index in [9.17, 15) is 0 Å². The fourth-order valence-corrected chi connectivity index (χ4v) is 5.49. The maximum atomic E-state index is 2.40. The molecule has 0 atom stereocenters. The van der Waals surface area contributed by atoms with E-state index >= 15 is 0 Å². The highest BCUT2D eigenvalue weighted by atomic mass is 32.2. The van der Waals surface area contributed by atoms with Crippen LogP contribution in [0.4, 0.5) is 0 Å². The lowest BCUT2D eigenvalue weighted by atomic mass is 10.0. The largest absolute Gasteiger partial charge is 0.155 e. The lowest BCUT2D eigenvalue weighted by Gasteiger charge is -2.25. The van der Waals surface area contributed by atoms with Crippen molar-refractivity contribution in [2.75, 3.05) is 0 Å². The van der Waals surface area contributed by atoms with Gasteiger partial charge in [-0.3, -0.25) is 0 Å². The van der Waals surface area contributed by atoms with E-state index in [0.29, 0.717) is 0 Å². The summed E-state index contributed by atoms with van der Waals surface area (Å²) in [4.78, 5) is 0. The van der Waals surface area contributed by atoms with Crippen LogP contribution in [-0.4, -0.2) is 10.5 Å². The van der Waals surface area contributed by atoms with Crippen LogP contribution in [-0.2, 0) is 0 Å². The molecule has 0 spiro atoms. The fourth-order valence-electron chi connectivity index (χ4n) is 3.74. The molecule has 2 rings (SSSR count). The minimum Gasteiger partial charge on any atom is -0.155 e. The first kappa shape index (κ1) is 15.7. The molecule has 0 nitrogen and oxygen atoms in total. The van der Waals surface area contributed by atoms with Gasteiger partial charge < -0.3 is 0 Å². The fraction of sp³-hybridized carbons (Fsp3) is 1.00. The molecule has 1 heteroatoms. The predicted octanol–water partition coefficient (Wildman–Crippen LogP) is 6.73. The first-order valence-electron chi connectivity index (χ1n) is 9.10. The van der Waals surface area contributed by atoms with Gasteiger partial charge in [-0.2, -0.15) is 11.8 Å². The van der Waals surface area contributed by atoms with Crippen molar-refractivity contribution in [1.82, 2.24) is 0 Å². The molecule has 0 bridgehead atoms. The Labute approximate surface area is 125 Å². The van der Waals surface area contributed by atoms with Gasteiger partial charge in [-0.05, 0) is 25.7 Å². The van der Waals surface area contributed by atoms with Gasteiger partial charge in [0.1, 0.15) is 0 Å². The zero-order valence-corrected chi connectivity index (χ0v) is 13.7. The first-order chi connectivity index (χ1) is 9.45. The van der Waals surface area contributed by atoms with Crippen LogP contribution in [0.1, 0.15) is 103 Å². The number of hydrogen-bond donors (Lipinski definition) is 0. The van der Waals surface area contributed by atoms with Gasteiger partial charge in [-0.1, -0.05) is 77.0 Å². The molecule has 0 saturated heterocycles. The summed E-state index contributed by atoms with van der Waals surface area (Å²) in [6.45, 7) is 0. The van der Waals surface area contributed by atoms with Crippen molar-refractivity contribution in [2.45, 2.75) is 113 Å². The molecular weight excluding hydrogens is 248 g/mol. The smallest absolute Gasteiger partial charge is 0.00498 e. The molecule has 0 N–H and O–H groups in total. The van der Waals surface area contributed by atoms with Crippen LogP contribution in [0.25, 0.3) is 0 Å². The normalized spacial score (nSPS) is 26.5. The standard InChI is InChI=1S/C18H34S/c1-2-5-9-13-17(14-10-6-3-1)19-18-15-11-7-4-8-12-16-18/h17-18H,1-16H2. The average molecular weight is 283 g/mol. The van der Waals surface area contributed by atoms with Crippen molar-refractivity contribution >= 4 is 11.8 Å². The van der Waals surface area contributed by atoms with Crippen LogP contribution >= 0.6 is 11.8 Å². The van der Waals surface area contributed by atoms with E-state index in [4.69, 9.17) is 0 Å². The third-order valence-corrected chi connectivity index (χ3v) is 6.70.